The normalized spacial score (nSPS) is 48.8. The molecule has 4 rings (SSSR count). The molecular formula is C22H32O2. The Kier molecular flexibility index (Phi) is 3.84. The Bertz CT molecular complexity index is 591. The first-order chi connectivity index (χ1) is 11.4. The van der Waals surface area contributed by atoms with Crippen molar-refractivity contribution >= 4 is 5.78 Å². The van der Waals surface area contributed by atoms with E-state index in [0.29, 0.717) is 17.6 Å². The van der Waals surface area contributed by atoms with Gasteiger partial charge in [-0.1, -0.05) is 25.5 Å². The van der Waals surface area contributed by atoms with Gasteiger partial charge in [0.2, 0.25) is 0 Å². The van der Waals surface area contributed by atoms with Crippen LogP contribution in [0.3, 0.4) is 0 Å². The SMILES string of the molecule is C=C[C@@H](C)[C@@]1(O)CCC2C3CCC4=CC(=O)CCC4C3CCC21C. The van der Waals surface area contributed by atoms with E-state index in [1.54, 1.807) is 0 Å². The van der Waals surface area contributed by atoms with E-state index in [9.17, 15) is 9.90 Å². The number of rotatable bonds is 2. The molecule has 4 aliphatic rings. The molecule has 0 aromatic rings. The Balaban J connectivity index is 1.64. The van der Waals surface area contributed by atoms with Crippen LogP contribution < -0.4 is 0 Å². The van der Waals surface area contributed by atoms with Gasteiger partial charge in [-0.15, -0.1) is 6.58 Å². The number of carbonyl (C=O) groups excluding carboxylic acids is 1. The molecule has 2 heteroatoms. The standard InChI is InChI=1S/C22H32O2/c1-4-14(2)22(24)12-10-20-19-7-5-15-13-16(23)6-8-17(15)18(19)9-11-21(20,22)3/h4,13-14,17-20,24H,1,5-12H2,2-3H3/t14-,17?,18?,19?,20?,21?,22+/m1/s1. The maximum absolute atomic E-state index is 11.8. The molecule has 0 aromatic heterocycles. The van der Waals surface area contributed by atoms with Crippen LogP contribution in [0.2, 0.25) is 0 Å². The molecule has 7 atom stereocenters. The van der Waals surface area contributed by atoms with E-state index in [2.05, 4.69) is 20.4 Å². The fraction of sp³-hybridized carbons (Fsp3) is 0.773. The molecule has 0 saturated heterocycles. The zero-order chi connectivity index (χ0) is 17.1. The second-order valence-electron chi connectivity index (χ2n) is 9.25. The first kappa shape index (κ1) is 16.6. The van der Waals surface area contributed by atoms with Crippen molar-refractivity contribution in [3.8, 4) is 0 Å². The third-order valence-corrected chi connectivity index (χ3v) is 8.62. The van der Waals surface area contributed by atoms with E-state index in [0.717, 1.165) is 50.4 Å². The molecular weight excluding hydrogens is 296 g/mol. The van der Waals surface area contributed by atoms with Crippen LogP contribution in [0.25, 0.3) is 0 Å². The summed E-state index contributed by atoms with van der Waals surface area (Å²) in [4.78, 5) is 11.8. The third kappa shape index (κ3) is 2.08. The van der Waals surface area contributed by atoms with E-state index in [1.165, 1.54) is 18.4 Å². The molecule has 0 bridgehead atoms. The number of allylic oxidation sites excluding steroid dienone is 1. The molecule has 1 N–H and O–H groups in total. The molecule has 0 spiro atoms. The lowest BCUT2D eigenvalue weighted by atomic mass is 9.49. The summed E-state index contributed by atoms with van der Waals surface area (Å²) in [6, 6.07) is 0. The fourth-order valence-corrected chi connectivity index (χ4v) is 7.17. The van der Waals surface area contributed by atoms with Gasteiger partial charge in [0, 0.05) is 12.3 Å². The summed E-state index contributed by atoms with van der Waals surface area (Å²) in [5.41, 5.74) is 0.903. The second kappa shape index (κ2) is 5.56. The van der Waals surface area contributed by atoms with Crippen LogP contribution in [0.15, 0.2) is 24.3 Å². The summed E-state index contributed by atoms with van der Waals surface area (Å²) in [7, 11) is 0. The number of ketones is 1. The van der Waals surface area contributed by atoms with Crippen molar-refractivity contribution in [2.24, 2.45) is 35.0 Å². The molecule has 0 radical (unpaired) electrons. The molecule has 0 aromatic carbocycles. The van der Waals surface area contributed by atoms with Gasteiger partial charge in [0.25, 0.3) is 0 Å². The maximum atomic E-state index is 11.8. The van der Waals surface area contributed by atoms with Crippen molar-refractivity contribution in [1.82, 2.24) is 0 Å². The highest BCUT2D eigenvalue weighted by Gasteiger charge is 2.63. The average Bonchev–Trinajstić information content (AvgIpc) is 2.86. The predicted molar refractivity (Wildman–Crippen MR) is 96.4 cm³/mol. The van der Waals surface area contributed by atoms with Crippen molar-refractivity contribution in [3.05, 3.63) is 24.3 Å². The number of hydrogen-bond acceptors (Lipinski definition) is 2. The summed E-state index contributed by atoms with van der Waals surface area (Å²) in [6.07, 6.45) is 12.5. The minimum absolute atomic E-state index is 0.0352. The van der Waals surface area contributed by atoms with Gasteiger partial charge < -0.3 is 5.11 Å². The van der Waals surface area contributed by atoms with Gasteiger partial charge in [0.15, 0.2) is 5.78 Å². The number of fused-ring (bicyclic) bond motifs is 5. The van der Waals surface area contributed by atoms with E-state index in [-0.39, 0.29) is 11.3 Å². The van der Waals surface area contributed by atoms with Crippen molar-refractivity contribution in [2.75, 3.05) is 0 Å². The van der Waals surface area contributed by atoms with Crippen LogP contribution in [-0.2, 0) is 4.79 Å². The minimum atomic E-state index is -0.580. The van der Waals surface area contributed by atoms with Crippen molar-refractivity contribution in [3.63, 3.8) is 0 Å². The molecule has 2 nitrogen and oxygen atoms in total. The maximum Gasteiger partial charge on any atom is 0.155 e. The number of hydrogen-bond donors (Lipinski definition) is 1. The highest BCUT2D eigenvalue weighted by molar-refractivity contribution is 5.91. The van der Waals surface area contributed by atoms with Crippen LogP contribution in [-0.4, -0.2) is 16.5 Å². The van der Waals surface area contributed by atoms with Crippen LogP contribution in [0.5, 0.6) is 0 Å². The van der Waals surface area contributed by atoms with Gasteiger partial charge in [-0.2, -0.15) is 0 Å². The fourth-order valence-electron chi connectivity index (χ4n) is 7.17. The molecule has 0 heterocycles. The first-order valence-electron chi connectivity index (χ1n) is 9.99. The summed E-state index contributed by atoms with van der Waals surface area (Å²) in [5, 5.41) is 11.5. The Morgan fingerprint density at radius 3 is 2.75 bits per heavy atom. The van der Waals surface area contributed by atoms with Crippen LogP contribution in [0, 0.1) is 35.0 Å². The molecule has 24 heavy (non-hydrogen) atoms. The number of carbonyl (C=O) groups is 1. The highest BCUT2D eigenvalue weighted by Crippen LogP contribution is 2.66. The van der Waals surface area contributed by atoms with E-state index < -0.39 is 5.60 Å². The van der Waals surface area contributed by atoms with Crippen LogP contribution >= 0.6 is 0 Å². The molecule has 132 valence electrons. The molecule has 5 unspecified atom stereocenters. The molecule has 0 amide bonds. The van der Waals surface area contributed by atoms with Gasteiger partial charge in [-0.3, -0.25) is 4.79 Å². The minimum Gasteiger partial charge on any atom is -0.389 e. The Labute approximate surface area is 146 Å². The van der Waals surface area contributed by atoms with Crippen molar-refractivity contribution < 1.29 is 9.90 Å². The smallest absolute Gasteiger partial charge is 0.155 e. The summed E-state index contributed by atoms with van der Waals surface area (Å²) in [6.45, 7) is 8.46. The van der Waals surface area contributed by atoms with Crippen molar-refractivity contribution in [2.45, 2.75) is 70.8 Å². The molecule has 0 aliphatic heterocycles. The Hall–Kier alpha value is -0.890. The zero-order valence-electron chi connectivity index (χ0n) is 15.3. The summed E-state index contributed by atoms with van der Waals surface area (Å²) < 4.78 is 0. The van der Waals surface area contributed by atoms with E-state index >= 15 is 0 Å². The highest BCUT2D eigenvalue weighted by atomic mass is 16.3. The van der Waals surface area contributed by atoms with Gasteiger partial charge in [-0.25, -0.2) is 0 Å². The molecule has 3 saturated carbocycles. The Morgan fingerprint density at radius 1 is 1.21 bits per heavy atom. The van der Waals surface area contributed by atoms with Gasteiger partial charge >= 0.3 is 0 Å². The second-order valence-corrected chi connectivity index (χ2v) is 9.25. The van der Waals surface area contributed by atoms with Crippen LogP contribution in [0.1, 0.15) is 65.2 Å². The average molecular weight is 328 g/mol. The lowest BCUT2D eigenvalue weighted by Gasteiger charge is -2.56. The summed E-state index contributed by atoms with van der Waals surface area (Å²) in [5.74, 6) is 3.29. The predicted octanol–water partition coefficient (Wildman–Crippen LogP) is 4.68. The Morgan fingerprint density at radius 2 is 2.00 bits per heavy atom. The number of aliphatic hydroxyl groups is 1. The quantitative estimate of drug-likeness (QED) is 0.747. The van der Waals surface area contributed by atoms with Gasteiger partial charge in [0.1, 0.15) is 0 Å². The lowest BCUT2D eigenvalue weighted by molar-refractivity contribution is -0.136. The van der Waals surface area contributed by atoms with Gasteiger partial charge in [-0.05, 0) is 80.1 Å². The molecule has 4 aliphatic carbocycles. The van der Waals surface area contributed by atoms with Crippen LogP contribution in [0.4, 0.5) is 0 Å². The monoisotopic (exact) mass is 328 g/mol. The molecule has 3 fully saturated rings. The topological polar surface area (TPSA) is 37.3 Å². The van der Waals surface area contributed by atoms with Crippen molar-refractivity contribution in [1.29, 1.82) is 0 Å². The van der Waals surface area contributed by atoms with E-state index in [1.807, 2.05) is 12.2 Å². The third-order valence-electron chi connectivity index (χ3n) is 8.62. The van der Waals surface area contributed by atoms with Gasteiger partial charge in [0.05, 0.1) is 5.60 Å². The first-order valence-corrected chi connectivity index (χ1v) is 9.99. The zero-order valence-corrected chi connectivity index (χ0v) is 15.3. The summed E-state index contributed by atoms with van der Waals surface area (Å²) >= 11 is 0. The van der Waals surface area contributed by atoms with E-state index in [4.69, 9.17) is 0 Å². The largest absolute Gasteiger partial charge is 0.389 e. The lowest BCUT2D eigenvalue weighted by Crippen LogP contribution is -2.55.